The van der Waals surface area contributed by atoms with E-state index in [2.05, 4.69) is 0 Å². The average molecular weight is 256 g/mol. The van der Waals surface area contributed by atoms with Crippen LogP contribution in [0, 0.1) is 15.2 Å². The number of phenolic OH excluding ortho intramolecular Hbond substituents is 1. The summed E-state index contributed by atoms with van der Waals surface area (Å²) in [5, 5.41) is 8.63. The molecule has 0 atom stereocenters. The van der Waals surface area contributed by atoms with Gasteiger partial charge in [0.1, 0.15) is 0 Å². The van der Waals surface area contributed by atoms with Crippen LogP contribution >= 0.6 is 22.6 Å². The summed E-state index contributed by atoms with van der Waals surface area (Å²) in [7, 11) is 0. The van der Waals surface area contributed by atoms with Gasteiger partial charge in [0.2, 0.25) is 0 Å². The van der Waals surface area contributed by atoms with E-state index >= 15 is 0 Å². The standard InChI is InChI=1S/C6H3F2IO/c7-3-1-2-4(9)5(8)6(3)10/h1-2,10H. The van der Waals surface area contributed by atoms with Gasteiger partial charge < -0.3 is 5.11 Å². The van der Waals surface area contributed by atoms with Crippen molar-refractivity contribution < 1.29 is 13.9 Å². The molecule has 0 unspecified atom stereocenters. The molecule has 10 heavy (non-hydrogen) atoms. The molecule has 54 valence electrons. The van der Waals surface area contributed by atoms with Gasteiger partial charge in [-0.1, -0.05) is 0 Å². The number of aromatic hydroxyl groups is 1. The molecule has 0 heterocycles. The fraction of sp³-hybridized carbons (Fsp3) is 0. The predicted octanol–water partition coefficient (Wildman–Crippen LogP) is 2.28. The SMILES string of the molecule is Oc1c(F)ccc(I)c1F. The maximum Gasteiger partial charge on any atom is 0.188 e. The molecule has 1 aromatic carbocycles. The van der Waals surface area contributed by atoms with Crippen LogP contribution < -0.4 is 0 Å². The number of rotatable bonds is 0. The average Bonchev–Trinajstić information content (AvgIpc) is 1.93. The fourth-order valence-corrected chi connectivity index (χ4v) is 0.952. The minimum atomic E-state index is -0.932. The summed E-state index contributed by atoms with van der Waals surface area (Å²) >= 11 is 1.66. The molecule has 1 N–H and O–H groups in total. The van der Waals surface area contributed by atoms with Crippen LogP contribution in [0.25, 0.3) is 0 Å². The van der Waals surface area contributed by atoms with Crippen molar-refractivity contribution in [3.05, 3.63) is 27.3 Å². The molecule has 1 nitrogen and oxygen atoms in total. The Balaban J connectivity index is 3.34. The van der Waals surface area contributed by atoms with E-state index < -0.39 is 17.4 Å². The zero-order valence-corrected chi connectivity index (χ0v) is 6.89. The van der Waals surface area contributed by atoms with E-state index in [1.807, 2.05) is 0 Å². The van der Waals surface area contributed by atoms with Crippen LogP contribution in [-0.4, -0.2) is 5.11 Å². The lowest BCUT2D eigenvalue weighted by molar-refractivity contribution is 0.394. The van der Waals surface area contributed by atoms with Crippen LogP contribution in [0.2, 0.25) is 0 Å². The molecular formula is C6H3F2IO. The minimum Gasteiger partial charge on any atom is -0.503 e. The third-order valence-corrected chi connectivity index (χ3v) is 1.85. The van der Waals surface area contributed by atoms with Gasteiger partial charge in [0.25, 0.3) is 0 Å². The molecule has 0 spiro atoms. The van der Waals surface area contributed by atoms with E-state index in [-0.39, 0.29) is 3.57 Å². The Hall–Kier alpha value is -0.390. The molecule has 0 radical (unpaired) electrons. The maximum absolute atomic E-state index is 12.5. The number of halogens is 3. The fourth-order valence-electron chi connectivity index (χ4n) is 0.516. The Labute approximate surface area is 69.8 Å². The molecule has 0 aromatic heterocycles. The van der Waals surface area contributed by atoms with Gasteiger partial charge in [0, 0.05) is 0 Å². The second kappa shape index (κ2) is 2.69. The van der Waals surface area contributed by atoms with Crippen molar-refractivity contribution in [2.45, 2.75) is 0 Å². The molecule has 0 bridgehead atoms. The molecule has 0 aliphatic heterocycles. The van der Waals surface area contributed by atoms with Crippen LogP contribution in [-0.2, 0) is 0 Å². The van der Waals surface area contributed by atoms with E-state index in [1.54, 1.807) is 22.6 Å². The molecule has 0 amide bonds. The maximum atomic E-state index is 12.5. The van der Waals surface area contributed by atoms with E-state index in [1.165, 1.54) is 6.07 Å². The number of hydrogen-bond acceptors (Lipinski definition) is 1. The van der Waals surface area contributed by atoms with E-state index in [0.29, 0.717) is 0 Å². The summed E-state index contributed by atoms with van der Waals surface area (Å²) < 4.78 is 25.0. The van der Waals surface area contributed by atoms with Gasteiger partial charge >= 0.3 is 0 Å². The third-order valence-electron chi connectivity index (χ3n) is 1.02. The zero-order chi connectivity index (χ0) is 7.72. The van der Waals surface area contributed by atoms with E-state index in [9.17, 15) is 8.78 Å². The highest BCUT2D eigenvalue weighted by atomic mass is 127. The molecule has 0 saturated heterocycles. The normalized spacial score (nSPS) is 9.90. The van der Waals surface area contributed by atoms with Crippen LogP contribution in [0.15, 0.2) is 12.1 Å². The number of hydrogen-bond donors (Lipinski definition) is 1. The molecule has 0 aliphatic carbocycles. The summed E-state index contributed by atoms with van der Waals surface area (Å²) in [5.74, 6) is -2.74. The largest absolute Gasteiger partial charge is 0.503 e. The van der Waals surface area contributed by atoms with Gasteiger partial charge in [0.15, 0.2) is 17.4 Å². The van der Waals surface area contributed by atoms with Crippen LogP contribution in [0.5, 0.6) is 5.75 Å². The van der Waals surface area contributed by atoms with Crippen molar-refractivity contribution >= 4 is 22.6 Å². The quantitative estimate of drug-likeness (QED) is 0.557. The molecule has 1 rings (SSSR count). The molecule has 1 aromatic rings. The lowest BCUT2D eigenvalue weighted by Crippen LogP contribution is -1.85. The van der Waals surface area contributed by atoms with Crippen LogP contribution in [0.1, 0.15) is 0 Å². The van der Waals surface area contributed by atoms with Crippen molar-refractivity contribution in [1.82, 2.24) is 0 Å². The second-order valence-corrected chi connectivity index (χ2v) is 2.85. The smallest absolute Gasteiger partial charge is 0.188 e. The lowest BCUT2D eigenvalue weighted by Gasteiger charge is -1.97. The first-order chi connectivity index (χ1) is 4.63. The van der Waals surface area contributed by atoms with Crippen LogP contribution in [0.4, 0.5) is 8.78 Å². The number of phenols is 1. The Bertz CT molecular complexity index is 235. The lowest BCUT2D eigenvalue weighted by atomic mass is 10.3. The molecule has 4 heteroatoms. The third kappa shape index (κ3) is 1.21. The second-order valence-electron chi connectivity index (χ2n) is 1.69. The van der Waals surface area contributed by atoms with Crippen molar-refractivity contribution in [3.8, 4) is 5.75 Å². The highest BCUT2D eigenvalue weighted by Crippen LogP contribution is 2.23. The van der Waals surface area contributed by atoms with E-state index in [0.717, 1.165) is 6.07 Å². The van der Waals surface area contributed by atoms with Gasteiger partial charge in [-0.15, -0.1) is 0 Å². The van der Waals surface area contributed by atoms with Gasteiger partial charge in [-0.3, -0.25) is 0 Å². The highest BCUT2D eigenvalue weighted by molar-refractivity contribution is 14.1. The van der Waals surface area contributed by atoms with Crippen molar-refractivity contribution in [1.29, 1.82) is 0 Å². The summed E-state index contributed by atoms with van der Waals surface area (Å²) in [5.41, 5.74) is 0. The Morgan fingerprint density at radius 1 is 1.30 bits per heavy atom. The van der Waals surface area contributed by atoms with Gasteiger partial charge in [0.05, 0.1) is 3.57 Å². The topological polar surface area (TPSA) is 20.2 Å². The van der Waals surface area contributed by atoms with Crippen molar-refractivity contribution in [3.63, 3.8) is 0 Å². The zero-order valence-electron chi connectivity index (χ0n) is 4.74. The first-order valence-electron chi connectivity index (χ1n) is 2.45. The Morgan fingerprint density at radius 2 is 1.90 bits per heavy atom. The predicted molar refractivity (Wildman–Crippen MR) is 40.7 cm³/mol. The molecular weight excluding hydrogens is 253 g/mol. The first kappa shape index (κ1) is 7.71. The summed E-state index contributed by atoms with van der Waals surface area (Å²) in [4.78, 5) is 0. The first-order valence-corrected chi connectivity index (χ1v) is 3.53. The van der Waals surface area contributed by atoms with Crippen LogP contribution in [0.3, 0.4) is 0 Å². The monoisotopic (exact) mass is 256 g/mol. The van der Waals surface area contributed by atoms with Crippen molar-refractivity contribution in [2.75, 3.05) is 0 Å². The molecule has 0 aliphatic rings. The number of benzene rings is 1. The van der Waals surface area contributed by atoms with Gasteiger partial charge in [-0.2, -0.15) is 0 Å². The van der Waals surface area contributed by atoms with E-state index in [4.69, 9.17) is 5.11 Å². The summed E-state index contributed by atoms with van der Waals surface area (Å²) in [6, 6.07) is 2.27. The minimum absolute atomic E-state index is 0.205. The molecule has 0 saturated carbocycles. The van der Waals surface area contributed by atoms with Gasteiger partial charge in [-0.05, 0) is 34.7 Å². The summed E-state index contributed by atoms with van der Waals surface area (Å²) in [6.45, 7) is 0. The van der Waals surface area contributed by atoms with Gasteiger partial charge in [-0.25, -0.2) is 8.78 Å². The highest BCUT2D eigenvalue weighted by Gasteiger charge is 2.09. The summed E-state index contributed by atoms with van der Waals surface area (Å²) in [6.07, 6.45) is 0. The Kier molecular flexibility index (Phi) is 2.08. The Morgan fingerprint density at radius 3 is 2.40 bits per heavy atom. The molecule has 0 fully saturated rings. The van der Waals surface area contributed by atoms with Crippen molar-refractivity contribution in [2.24, 2.45) is 0 Å².